The Morgan fingerprint density at radius 3 is 2.52 bits per heavy atom. The fourth-order valence-corrected chi connectivity index (χ4v) is 6.80. The molecule has 1 aromatic rings. The molecule has 0 amide bonds. The van der Waals surface area contributed by atoms with Crippen molar-refractivity contribution in [2.75, 3.05) is 19.8 Å². The lowest BCUT2D eigenvalue weighted by Gasteiger charge is -2.33. The van der Waals surface area contributed by atoms with E-state index in [1.54, 1.807) is 6.08 Å². The van der Waals surface area contributed by atoms with Crippen LogP contribution in [0.3, 0.4) is 0 Å². The summed E-state index contributed by atoms with van der Waals surface area (Å²) in [6, 6.07) is 4.92. The van der Waals surface area contributed by atoms with Gasteiger partial charge in [-0.3, -0.25) is 0 Å². The topological polar surface area (TPSA) is 83.5 Å². The van der Waals surface area contributed by atoms with Gasteiger partial charge in [-0.2, -0.15) is 13.2 Å². The maximum atomic E-state index is 13.2. The minimum Gasteiger partial charge on any atom is -0.493 e. The normalized spacial score (nSPS) is 29.4. The second-order valence-corrected chi connectivity index (χ2v) is 12.1. The van der Waals surface area contributed by atoms with Crippen LogP contribution in [0.15, 0.2) is 59.9 Å². The number of benzene rings is 1. The van der Waals surface area contributed by atoms with Gasteiger partial charge in [-0.15, -0.1) is 0 Å². The van der Waals surface area contributed by atoms with Gasteiger partial charge in [0.05, 0.1) is 24.9 Å². The number of halogens is 3. The number of ether oxygens (including phenoxy) is 5. The largest absolute Gasteiger partial charge is 0.493 e. The Labute approximate surface area is 257 Å². The maximum Gasteiger partial charge on any atom is 0.416 e. The number of hydrogen-bond acceptors (Lipinski definition) is 6. The van der Waals surface area contributed by atoms with E-state index in [0.717, 1.165) is 75.7 Å². The molecule has 10 heteroatoms. The number of hydrogen-bond donors (Lipinski definition) is 1. The molecule has 7 nitrogen and oxygen atoms in total. The standard InChI is InChI=1S/C34H43F3O7/c35-34(36,37)25-10-7-11-26(22-25)40-18-8-12-28(43-31-14-3-5-16-41-31)33-27-20-23(9-1-2-13-30(38)39)19-24(27)21-29(33)44-32-15-4-6-17-42-32/h2,7,10-13,20,22,24,27,29,31-33H,1,3-6,8-9,14-19,21H2,(H,38,39)/t24-,27-,29+,31?,32?,33-/m1/s1. The van der Waals surface area contributed by atoms with Crippen LogP contribution in [-0.4, -0.2) is 49.6 Å². The van der Waals surface area contributed by atoms with Gasteiger partial charge in [-0.25, -0.2) is 4.79 Å². The van der Waals surface area contributed by atoms with Crippen LogP contribution >= 0.6 is 0 Å². The average molecular weight is 621 g/mol. The van der Waals surface area contributed by atoms with E-state index in [-0.39, 0.29) is 42.9 Å². The van der Waals surface area contributed by atoms with E-state index in [9.17, 15) is 18.0 Å². The summed E-state index contributed by atoms with van der Waals surface area (Å²) in [5.74, 6) is 0.483. The zero-order valence-corrected chi connectivity index (χ0v) is 25.0. The molecule has 0 radical (unpaired) electrons. The molecule has 5 rings (SSSR count). The number of carboxylic acid groups (broad SMARTS) is 1. The molecule has 0 bridgehead atoms. The third kappa shape index (κ3) is 9.11. The van der Waals surface area contributed by atoms with Crippen molar-refractivity contribution in [3.8, 4) is 5.75 Å². The summed E-state index contributed by atoms with van der Waals surface area (Å²) in [4.78, 5) is 10.9. The van der Waals surface area contributed by atoms with Gasteiger partial charge in [-0.05, 0) is 93.9 Å². The van der Waals surface area contributed by atoms with E-state index in [2.05, 4.69) is 6.08 Å². The van der Waals surface area contributed by atoms with E-state index < -0.39 is 17.7 Å². The van der Waals surface area contributed by atoms with Crippen LogP contribution in [0.2, 0.25) is 0 Å². The molecule has 2 heterocycles. The summed E-state index contributed by atoms with van der Waals surface area (Å²) in [5, 5.41) is 8.92. The Balaban J connectivity index is 1.34. The van der Waals surface area contributed by atoms with Crippen LogP contribution in [0, 0.1) is 17.8 Å². The first-order valence-electron chi connectivity index (χ1n) is 15.9. The summed E-state index contributed by atoms with van der Waals surface area (Å²) >= 11 is 0. The van der Waals surface area contributed by atoms with Crippen LogP contribution in [0.5, 0.6) is 5.75 Å². The smallest absolute Gasteiger partial charge is 0.416 e. The predicted molar refractivity (Wildman–Crippen MR) is 157 cm³/mol. The third-order valence-corrected chi connectivity index (χ3v) is 8.83. The molecule has 0 aromatic heterocycles. The van der Waals surface area contributed by atoms with Crippen LogP contribution < -0.4 is 4.74 Å². The van der Waals surface area contributed by atoms with E-state index in [4.69, 9.17) is 28.8 Å². The van der Waals surface area contributed by atoms with Crippen molar-refractivity contribution in [3.05, 3.63) is 65.5 Å². The van der Waals surface area contributed by atoms with Gasteiger partial charge in [0.15, 0.2) is 12.6 Å². The maximum absolute atomic E-state index is 13.2. The number of carbonyl (C=O) groups is 1. The Morgan fingerprint density at radius 1 is 1.05 bits per heavy atom. The molecule has 2 aliphatic carbocycles. The van der Waals surface area contributed by atoms with Gasteiger partial charge >= 0.3 is 12.1 Å². The van der Waals surface area contributed by atoms with Crippen LogP contribution in [0.4, 0.5) is 13.2 Å². The second kappa shape index (κ2) is 15.5. The Bertz CT molecular complexity index is 1180. The first-order chi connectivity index (χ1) is 21.3. The molecule has 44 heavy (non-hydrogen) atoms. The number of allylic oxidation sites excluding steroid dienone is 3. The second-order valence-electron chi connectivity index (χ2n) is 12.1. The van der Waals surface area contributed by atoms with Crippen molar-refractivity contribution in [2.45, 2.75) is 95.5 Å². The zero-order valence-electron chi connectivity index (χ0n) is 25.0. The Morgan fingerprint density at radius 2 is 1.82 bits per heavy atom. The van der Waals surface area contributed by atoms with Crippen molar-refractivity contribution in [1.82, 2.24) is 0 Å². The van der Waals surface area contributed by atoms with Gasteiger partial charge < -0.3 is 28.8 Å². The van der Waals surface area contributed by atoms with E-state index in [1.165, 1.54) is 23.8 Å². The highest BCUT2D eigenvalue weighted by atomic mass is 19.4. The first kappa shape index (κ1) is 32.6. The lowest BCUT2D eigenvalue weighted by Crippen LogP contribution is -2.34. The lowest BCUT2D eigenvalue weighted by molar-refractivity contribution is -0.200. The molecule has 3 fully saturated rings. The number of rotatable bonds is 13. The quantitative estimate of drug-likeness (QED) is 0.104. The monoisotopic (exact) mass is 620 g/mol. The number of carboxylic acids is 1. The molecule has 242 valence electrons. The molecular formula is C34H43F3O7. The molecule has 1 N–H and O–H groups in total. The van der Waals surface area contributed by atoms with E-state index >= 15 is 0 Å². The SMILES string of the molecule is O=C(O)C=CCCC1=C[C@@H]2[C@H](C1)C[C@H](OC1CCCCO1)[C@H]2C(=CCCOc1cccc(C(F)(F)F)c1)OC1CCCCO1. The summed E-state index contributed by atoms with van der Waals surface area (Å²) in [6.45, 7) is 1.51. The van der Waals surface area contributed by atoms with Gasteiger partial charge in [-0.1, -0.05) is 23.8 Å². The van der Waals surface area contributed by atoms with Crippen molar-refractivity contribution in [1.29, 1.82) is 0 Å². The van der Waals surface area contributed by atoms with Gasteiger partial charge in [0.25, 0.3) is 0 Å². The van der Waals surface area contributed by atoms with Crippen molar-refractivity contribution < 1.29 is 46.8 Å². The van der Waals surface area contributed by atoms with Gasteiger partial charge in [0.1, 0.15) is 11.5 Å². The molecule has 2 unspecified atom stereocenters. The summed E-state index contributed by atoms with van der Waals surface area (Å²) < 4.78 is 70.3. The number of alkyl halides is 3. The highest BCUT2D eigenvalue weighted by molar-refractivity contribution is 5.79. The predicted octanol–water partition coefficient (Wildman–Crippen LogP) is 7.82. The molecule has 2 aliphatic heterocycles. The zero-order chi connectivity index (χ0) is 30.9. The molecule has 1 saturated carbocycles. The van der Waals surface area contributed by atoms with Crippen molar-refractivity contribution >= 4 is 5.97 Å². The number of fused-ring (bicyclic) bond motifs is 1. The molecule has 2 saturated heterocycles. The molecule has 6 atom stereocenters. The van der Waals surface area contributed by atoms with Gasteiger partial charge in [0, 0.05) is 31.4 Å². The summed E-state index contributed by atoms with van der Waals surface area (Å²) in [5.41, 5.74) is 0.571. The van der Waals surface area contributed by atoms with Crippen LogP contribution in [-0.2, 0) is 29.9 Å². The highest BCUT2D eigenvalue weighted by Crippen LogP contribution is 2.52. The lowest BCUT2D eigenvalue weighted by atomic mass is 9.89. The van der Waals surface area contributed by atoms with E-state index in [0.29, 0.717) is 32.0 Å². The van der Waals surface area contributed by atoms with Crippen LogP contribution in [0.25, 0.3) is 0 Å². The summed E-state index contributed by atoms with van der Waals surface area (Å²) in [7, 11) is 0. The first-order valence-corrected chi connectivity index (χ1v) is 15.9. The van der Waals surface area contributed by atoms with Gasteiger partial charge in [0.2, 0.25) is 0 Å². The Kier molecular flexibility index (Phi) is 11.4. The average Bonchev–Trinajstić information content (AvgIpc) is 3.54. The molecule has 1 aromatic carbocycles. The Hall–Kier alpha value is -2.82. The van der Waals surface area contributed by atoms with Crippen molar-refractivity contribution in [2.24, 2.45) is 17.8 Å². The van der Waals surface area contributed by atoms with Crippen LogP contribution in [0.1, 0.15) is 76.2 Å². The fraction of sp³-hybridized carbons (Fsp3) is 0.618. The number of aliphatic carboxylic acids is 1. The highest BCUT2D eigenvalue weighted by Gasteiger charge is 2.49. The minimum absolute atomic E-state index is 0.0725. The molecule has 4 aliphatic rings. The van der Waals surface area contributed by atoms with E-state index in [1.807, 2.05) is 6.08 Å². The minimum atomic E-state index is -4.43. The molecule has 0 spiro atoms. The summed E-state index contributed by atoms with van der Waals surface area (Å²) in [6.07, 6.45) is 11.5. The molecular weight excluding hydrogens is 577 g/mol. The third-order valence-electron chi connectivity index (χ3n) is 8.83. The fourth-order valence-electron chi connectivity index (χ4n) is 6.80. The van der Waals surface area contributed by atoms with Crippen molar-refractivity contribution in [3.63, 3.8) is 0 Å².